The molecule has 0 saturated heterocycles. The van der Waals surface area contributed by atoms with Crippen molar-refractivity contribution in [2.75, 3.05) is 5.32 Å². The number of benzene rings is 1. The molecular weight excluding hydrogens is 305 g/mol. The molecule has 1 N–H and O–H groups in total. The number of nitrogens with one attached hydrogen (secondary N) is 1. The number of halogens is 1. The largest absolute Gasteiger partial charge is 0.377 e. The first kappa shape index (κ1) is 15.1. The van der Waals surface area contributed by atoms with Crippen LogP contribution in [0, 0.1) is 12.7 Å². The van der Waals surface area contributed by atoms with Crippen LogP contribution < -0.4 is 5.32 Å². The van der Waals surface area contributed by atoms with E-state index < -0.39 is 0 Å². The van der Waals surface area contributed by atoms with Gasteiger partial charge in [0.25, 0.3) is 0 Å². The zero-order valence-electron chi connectivity index (χ0n) is 13.7. The van der Waals surface area contributed by atoms with Crippen molar-refractivity contribution in [1.29, 1.82) is 0 Å². The highest BCUT2D eigenvalue weighted by atomic mass is 19.1. The van der Waals surface area contributed by atoms with Crippen LogP contribution >= 0.6 is 0 Å². The number of hydrogen-bond donors (Lipinski definition) is 1. The van der Waals surface area contributed by atoms with E-state index in [1.807, 2.05) is 13.0 Å². The summed E-state index contributed by atoms with van der Waals surface area (Å²) in [4.78, 5) is 4.47. The Morgan fingerprint density at radius 3 is 3.00 bits per heavy atom. The van der Waals surface area contributed by atoms with Gasteiger partial charge in [0.1, 0.15) is 11.6 Å². The minimum Gasteiger partial charge on any atom is -0.377 e. The molecule has 1 aromatic carbocycles. The third-order valence-corrected chi connectivity index (χ3v) is 4.52. The normalized spacial score (nSPS) is 14.4. The second-order valence-corrected chi connectivity index (χ2v) is 6.32. The van der Waals surface area contributed by atoms with Crippen LogP contribution in [0.15, 0.2) is 24.3 Å². The average molecular weight is 325 g/mol. The van der Waals surface area contributed by atoms with Crippen molar-refractivity contribution in [3.63, 3.8) is 0 Å². The second-order valence-electron chi connectivity index (χ2n) is 6.32. The number of anilines is 1. The van der Waals surface area contributed by atoms with Gasteiger partial charge < -0.3 is 9.88 Å². The fourth-order valence-corrected chi connectivity index (χ4v) is 3.33. The van der Waals surface area contributed by atoms with Gasteiger partial charge in [-0.05, 0) is 44.0 Å². The number of aryl methyl sites for hydroxylation is 2. The molecule has 0 fully saturated rings. The molecule has 6 heteroatoms. The Kier molecular flexibility index (Phi) is 3.88. The minimum absolute atomic E-state index is 0.257. The van der Waals surface area contributed by atoms with Gasteiger partial charge in [0.15, 0.2) is 5.82 Å². The fourth-order valence-electron chi connectivity index (χ4n) is 3.33. The molecule has 5 nitrogen and oxygen atoms in total. The summed E-state index contributed by atoms with van der Waals surface area (Å²) in [5.74, 6) is 1.75. The maximum absolute atomic E-state index is 13.6. The van der Waals surface area contributed by atoms with Crippen molar-refractivity contribution in [2.24, 2.45) is 0 Å². The number of pyridine rings is 1. The Labute approximate surface area is 139 Å². The van der Waals surface area contributed by atoms with E-state index in [4.69, 9.17) is 0 Å². The lowest BCUT2D eigenvalue weighted by Crippen LogP contribution is -2.10. The van der Waals surface area contributed by atoms with E-state index in [1.54, 1.807) is 6.07 Å². The zero-order chi connectivity index (χ0) is 16.5. The lowest BCUT2D eigenvalue weighted by Gasteiger charge is -2.12. The Balaban J connectivity index is 1.63. The Bertz CT molecular complexity index is 886. The Hall–Kier alpha value is -2.50. The highest BCUT2D eigenvalue weighted by Gasteiger charge is 2.15. The quantitative estimate of drug-likeness (QED) is 0.799. The summed E-state index contributed by atoms with van der Waals surface area (Å²) in [7, 11) is 0. The predicted octanol–water partition coefficient (Wildman–Crippen LogP) is 3.61. The molecule has 0 atom stereocenters. The van der Waals surface area contributed by atoms with E-state index in [-0.39, 0.29) is 5.82 Å². The topological polar surface area (TPSA) is 55.6 Å². The standard InChI is InChI=1S/C18H20FN5/c1-12-9-16(14-10-13(19)6-7-15(14)21-12)20-11-18-23-22-17-5-3-2-4-8-24(17)18/h6-7,9-10H,2-5,8,11H2,1H3,(H,20,21). The van der Waals surface area contributed by atoms with Gasteiger partial charge in [0, 0.05) is 29.7 Å². The van der Waals surface area contributed by atoms with Crippen LogP contribution in [0.4, 0.5) is 10.1 Å². The molecule has 3 heterocycles. The highest BCUT2D eigenvalue weighted by molar-refractivity contribution is 5.91. The van der Waals surface area contributed by atoms with Crippen LogP contribution in [0.3, 0.4) is 0 Å². The van der Waals surface area contributed by atoms with Gasteiger partial charge in [0.05, 0.1) is 12.1 Å². The van der Waals surface area contributed by atoms with E-state index in [2.05, 4.69) is 25.1 Å². The van der Waals surface area contributed by atoms with Crippen LogP contribution in [0.25, 0.3) is 10.9 Å². The molecule has 0 radical (unpaired) electrons. The van der Waals surface area contributed by atoms with Gasteiger partial charge in [-0.25, -0.2) is 4.39 Å². The highest BCUT2D eigenvalue weighted by Crippen LogP contribution is 2.25. The van der Waals surface area contributed by atoms with Crippen molar-refractivity contribution in [2.45, 2.75) is 45.7 Å². The van der Waals surface area contributed by atoms with Crippen LogP contribution in [-0.2, 0) is 19.5 Å². The maximum atomic E-state index is 13.6. The van der Waals surface area contributed by atoms with E-state index in [0.717, 1.165) is 46.9 Å². The zero-order valence-corrected chi connectivity index (χ0v) is 13.7. The number of fused-ring (bicyclic) bond motifs is 2. The molecule has 4 rings (SSSR count). The summed E-state index contributed by atoms with van der Waals surface area (Å²) in [5.41, 5.74) is 2.57. The van der Waals surface area contributed by atoms with Gasteiger partial charge in [-0.1, -0.05) is 6.42 Å². The molecule has 0 unspecified atom stereocenters. The first-order valence-corrected chi connectivity index (χ1v) is 8.42. The number of nitrogens with zero attached hydrogens (tertiary/aromatic N) is 4. The second kappa shape index (κ2) is 6.19. The van der Waals surface area contributed by atoms with E-state index in [1.165, 1.54) is 31.4 Å². The fraction of sp³-hybridized carbons (Fsp3) is 0.389. The molecule has 1 aliphatic heterocycles. The van der Waals surface area contributed by atoms with Gasteiger partial charge >= 0.3 is 0 Å². The number of hydrogen-bond acceptors (Lipinski definition) is 4. The molecule has 24 heavy (non-hydrogen) atoms. The van der Waals surface area contributed by atoms with Crippen LogP contribution in [0.1, 0.15) is 36.6 Å². The molecule has 2 aromatic heterocycles. The van der Waals surface area contributed by atoms with Crippen molar-refractivity contribution in [3.8, 4) is 0 Å². The lowest BCUT2D eigenvalue weighted by atomic mass is 10.1. The van der Waals surface area contributed by atoms with Crippen molar-refractivity contribution in [1.82, 2.24) is 19.7 Å². The molecule has 1 aliphatic rings. The molecule has 0 amide bonds. The average Bonchev–Trinajstić information content (AvgIpc) is 2.80. The molecular formula is C18H20FN5. The van der Waals surface area contributed by atoms with Crippen molar-refractivity contribution < 1.29 is 4.39 Å². The first-order valence-electron chi connectivity index (χ1n) is 8.42. The summed E-state index contributed by atoms with van der Waals surface area (Å²) in [5, 5.41) is 12.8. The predicted molar refractivity (Wildman–Crippen MR) is 91.3 cm³/mol. The molecule has 3 aromatic rings. The van der Waals surface area contributed by atoms with Crippen LogP contribution in [0.5, 0.6) is 0 Å². The molecule has 0 spiro atoms. The van der Waals surface area contributed by atoms with Gasteiger partial charge in [-0.3, -0.25) is 4.98 Å². The first-order chi connectivity index (χ1) is 11.7. The summed E-state index contributed by atoms with van der Waals surface area (Å²) in [6.45, 7) is 3.49. The van der Waals surface area contributed by atoms with Crippen molar-refractivity contribution in [3.05, 3.63) is 47.4 Å². The van der Waals surface area contributed by atoms with Gasteiger partial charge in [0.2, 0.25) is 0 Å². The van der Waals surface area contributed by atoms with Gasteiger partial charge in [-0.2, -0.15) is 0 Å². The van der Waals surface area contributed by atoms with E-state index >= 15 is 0 Å². The maximum Gasteiger partial charge on any atom is 0.152 e. The third kappa shape index (κ3) is 2.84. The summed E-state index contributed by atoms with van der Waals surface area (Å²) < 4.78 is 15.8. The number of aromatic nitrogens is 4. The Morgan fingerprint density at radius 2 is 2.08 bits per heavy atom. The molecule has 0 saturated carbocycles. The monoisotopic (exact) mass is 325 g/mol. The summed E-state index contributed by atoms with van der Waals surface area (Å²) >= 11 is 0. The molecule has 0 bridgehead atoms. The van der Waals surface area contributed by atoms with Crippen LogP contribution in [0.2, 0.25) is 0 Å². The Morgan fingerprint density at radius 1 is 1.17 bits per heavy atom. The van der Waals surface area contributed by atoms with E-state index in [0.29, 0.717) is 6.54 Å². The molecule has 124 valence electrons. The van der Waals surface area contributed by atoms with Crippen LogP contribution in [-0.4, -0.2) is 19.7 Å². The number of rotatable bonds is 3. The smallest absolute Gasteiger partial charge is 0.152 e. The minimum atomic E-state index is -0.257. The van der Waals surface area contributed by atoms with E-state index in [9.17, 15) is 4.39 Å². The van der Waals surface area contributed by atoms with Gasteiger partial charge in [-0.15, -0.1) is 10.2 Å². The van der Waals surface area contributed by atoms with Crippen molar-refractivity contribution >= 4 is 16.6 Å². The SMILES string of the molecule is Cc1cc(NCc2nnc3n2CCCCC3)c2cc(F)ccc2n1. The molecule has 0 aliphatic carbocycles. The third-order valence-electron chi connectivity index (χ3n) is 4.52. The summed E-state index contributed by atoms with van der Waals surface area (Å²) in [6.07, 6.45) is 4.58. The lowest BCUT2D eigenvalue weighted by molar-refractivity contribution is 0.610. The summed E-state index contributed by atoms with van der Waals surface area (Å²) in [6, 6.07) is 6.62.